The minimum Gasteiger partial charge on any atom is -0.491 e. The third-order valence-electron chi connectivity index (χ3n) is 8.16. The van der Waals surface area contributed by atoms with Crippen LogP contribution in [0.4, 0.5) is 0 Å². The van der Waals surface area contributed by atoms with Gasteiger partial charge in [-0.05, 0) is 92.1 Å². The minimum absolute atomic E-state index is 0.0524. The molecule has 0 unspecified atom stereocenters. The monoisotopic (exact) mass is 583 g/mol. The average Bonchev–Trinajstić information content (AvgIpc) is 3.81. The van der Waals surface area contributed by atoms with Crippen molar-refractivity contribution in [3.8, 4) is 16.9 Å². The lowest BCUT2D eigenvalue weighted by molar-refractivity contribution is -0.141. The van der Waals surface area contributed by atoms with Crippen molar-refractivity contribution in [3.63, 3.8) is 0 Å². The zero-order chi connectivity index (χ0) is 29.4. The number of ether oxygens (including phenoxy) is 1. The van der Waals surface area contributed by atoms with Crippen LogP contribution in [0.1, 0.15) is 67.4 Å². The van der Waals surface area contributed by atoms with Crippen LogP contribution in [-0.4, -0.2) is 38.5 Å². The Balaban J connectivity index is 1.23. The fourth-order valence-electron chi connectivity index (χ4n) is 5.83. The maximum absolute atomic E-state index is 13.6. The van der Waals surface area contributed by atoms with E-state index in [4.69, 9.17) is 21.3 Å². The molecule has 1 saturated carbocycles. The van der Waals surface area contributed by atoms with E-state index in [-0.39, 0.29) is 23.6 Å². The summed E-state index contributed by atoms with van der Waals surface area (Å²) >= 11 is 6.26. The summed E-state index contributed by atoms with van der Waals surface area (Å²) in [7, 11) is 0. The number of carbonyl (C=O) groups excluding carboxylic acids is 1. The molecule has 2 aliphatic rings. The number of nitrogens with one attached hydrogen (secondary N) is 1. The Morgan fingerprint density at radius 2 is 1.79 bits per heavy atom. The zero-order valence-electron chi connectivity index (χ0n) is 23.8. The summed E-state index contributed by atoms with van der Waals surface area (Å²) in [6, 6.07) is 22.8. The summed E-state index contributed by atoms with van der Waals surface area (Å²) in [4.78, 5) is 36.5. The van der Waals surface area contributed by atoms with E-state index in [1.807, 2.05) is 80.6 Å². The third-order valence-corrected chi connectivity index (χ3v) is 8.39. The van der Waals surface area contributed by atoms with E-state index in [1.54, 1.807) is 11.0 Å². The van der Waals surface area contributed by atoms with Crippen molar-refractivity contribution < 1.29 is 14.6 Å². The van der Waals surface area contributed by atoms with Gasteiger partial charge in [0.2, 0.25) is 0 Å². The molecule has 1 aliphatic carbocycles. The fraction of sp³-hybridized carbons (Fsp3) is 0.324. The first-order valence-electron chi connectivity index (χ1n) is 14.5. The van der Waals surface area contributed by atoms with E-state index in [1.165, 1.54) is 0 Å². The highest BCUT2D eigenvalue weighted by Gasteiger charge is 2.48. The van der Waals surface area contributed by atoms with Crippen LogP contribution in [0.15, 0.2) is 77.6 Å². The van der Waals surface area contributed by atoms with E-state index in [2.05, 4.69) is 4.98 Å². The van der Waals surface area contributed by atoms with Gasteiger partial charge in [0.1, 0.15) is 11.6 Å². The number of hydrogen-bond donors (Lipinski definition) is 2. The lowest BCUT2D eigenvalue weighted by Gasteiger charge is -2.24. The van der Waals surface area contributed by atoms with E-state index in [0.29, 0.717) is 41.4 Å². The molecule has 4 aromatic rings. The van der Waals surface area contributed by atoms with Gasteiger partial charge in [0.25, 0.3) is 11.5 Å². The minimum atomic E-state index is -1.36. The van der Waals surface area contributed by atoms with Crippen LogP contribution in [0.2, 0.25) is 5.02 Å². The molecular formula is C34H34ClN3O4. The Morgan fingerprint density at radius 1 is 1.05 bits per heavy atom. The normalized spacial score (nSPS) is 16.5. The molecule has 0 bridgehead atoms. The maximum Gasteiger partial charge on any atom is 0.256 e. The second-order valence-corrected chi connectivity index (χ2v) is 12.0. The van der Waals surface area contributed by atoms with Crippen molar-refractivity contribution in [1.82, 2.24) is 14.9 Å². The number of aliphatic hydroxyl groups excluding tert-OH is 1. The van der Waals surface area contributed by atoms with Gasteiger partial charge in [0.05, 0.1) is 29.3 Å². The number of aromatic amines is 1. The smallest absolute Gasteiger partial charge is 0.256 e. The van der Waals surface area contributed by atoms with Gasteiger partial charge < -0.3 is 19.7 Å². The third kappa shape index (κ3) is 5.59. The number of rotatable bonds is 7. The van der Waals surface area contributed by atoms with Crippen LogP contribution >= 0.6 is 11.6 Å². The van der Waals surface area contributed by atoms with Gasteiger partial charge >= 0.3 is 0 Å². The van der Waals surface area contributed by atoms with Crippen molar-refractivity contribution in [2.75, 3.05) is 6.54 Å². The molecule has 0 radical (unpaired) electrons. The molecule has 6 rings (SSSR count). The van der Waals surface area contributed by atoms with Gasteiger partial charge in [-0.2, -0.15) is 0 Å². The number of nitrogens with zero attached hydrogens (tertiary/aromatic N) is 2. The molecule has 1 fully saturated rings. The number of halogens is 1. The Bertz CT molecular complexity index is 1690. The molecule has 1 aliphatic heterocycles. The summed E-state index contributed by atoms with van der Waals surface area (Å²) in [6.07, 6.45) is 1.71. The highest BCUT2D eigenvalue weighted by atomic mass is 35.5. The SMILES string of the molecule is CC(C)Oc1cccc(-c2cccc([C@@H](O)C(=O)N3CCCc4nc(C5(c6cccc(Cl)c6)CC5)[nH]c(=O)c4C3)c2)c1. The van der Waals surface area contributed by atoms with Crippen LogP contribution in [0.25, 0.3) is 11.1 Å². The van der Waals surface area contributed by atoms with Gasteiger partial charge in [0.15, 0.2) is 6.10 Å². The van der Waals surface area contributed by atoms with Gasteiger partial charge in [-0.25, -0.2) is 4.98 Å². The molecular weight excluding hydrogens is 550 g/mol. The molecule has 216 valence electrons. The first-order chi connectivity index (χ1) is 20.2. The molecule has 1 aromatic heterocycles. The predicted molar refractivity (Wildman–Crippen MR) is 163 cm³/mol. The van der Waals surface area contributed by atoms with Crippen molar-refractivity contribution in [3.05, 3.63) is 116 Å². The summed E-state index contributed by atoms with van der Waals surface area (Å²) in [5.74, 6) is 0.987. The molecule has 42 heavy (non-hydrogen) atoms. The van der Waals surface area contributed by atoms with Gasteiger partial charge in [-0.1, -0.05) is 54.1 Å². The Kier molecular flexibility index (Phi) is 7.64. The molecule has 7 nitrogen and oxygen atoms in total. The molecule has 0 saturated heterocycles. The largest absolute Gasteiger partial charge is 0.491 e. The van der Waals surface area contributed by atoms with Gasteiger partial charge in [-0.15, -0.1) is 0 Å². The predicted octanol–water partition coefficient (Wildman–Crippen LogP) is 5.97. The lowest BCUT2D eigenvalue weighted by atomic mass is 9.94. The highest BCUT2D eigenvalue weighted by Crippen LogP contribution is 2.52. The first kappa shape index (κ1) is 28.2. The van der Waals surface area contributed by atoms with E-state index >= 15 is 0 Å². The first-order valence-corrected chi connectivity index (χ1v) is 14.8. The van der Waals surface area contributed by atoms with Gasteiger partial charge in [-0.3, -0.25) is 9.59 Å². The number of aryl methyl sites for hydroxylation is 1. The zero-order valence-corrected chi connectivity index (χ0v) is 24.5. The summed E-state index contributed by atoms with van der Waals surface area (Å²) < 4.78 is 5.83. The van der Waals surface area contributed by atoms with Crippen LogP contribution < -0.4 is 10.3 Å². The summed E-state index contributed by atoms with van der Waals surface area (Å²) in [5.41, 5.74) is 3.98. The lowest BCUT2D eigenvalue weighted by Crippen LogP contribution is -2.36. The number of aromatic nitrogens is 2. The number of H-pyrrole nitrogens is 1. The summed E-state index contributed by atoms with van der Waals surface area (Å²) in [5, 5.41) is 11.8. The van der Waals surface area contributed by atoms with E-state index in [9.17, 15) is 14.7 Å². The van der Waals surface area contributed by atoms with Gasteiger partial charge in [0, 0.05) is 11.6 Å². The van der Waals surface area contributed by atoms with Crippen molar-refractivity contribution in [1.29, 1.82) is 0 Å². The van der Waals surface area contributed by atoms with Crippen molar-refractivity contribution in [2.45, 2.75) is 63.7 Å². The number of benzene rings is 3. The Labute approximate surface area is 250 Å². The number of amides is 1. The molecule has 3 aromatic carbocycles. The number of carbonyl (C=O) groups is 1. The van der Waals surface area contributed by atoms with Crippen molar-refractivity contribution >= 4 is 17.5 Å². The van der Waals surface area contributed by atoms with Crippen LogP contribution in [0.3, 0.4) is 0 Å². The van der Waals surface area contributed by atoms with E-state index < -0.39 is 12.0 Å². The second-order valence-electron chi connectivity index (χ2n) is 11.5. The van der Waals surface area contributed by atoms with Crippen LogP contribution in [0.5, 0.6) is 5.75 Å². The standard InChI is InChI=1S/C34H34ClN3O4/c1-21(2)42-27-12-4-8-23(18-27)22-7-3-9-24(17-22)30(39)32(41)38-16-6-13-29-28(20-38)31(40)37-33(36-29)34(14-15-34)25-10-5-11-26(35)19-25/h3-5,7-12,17-19,21,30,39H,6,13-16,20H2,1-2H3,(H,36,37,40)/t30-/m1/s1. The number of hydrogen-bond acceptors (Lipinski definition) is 5. The number of aliphatic hydroxyl groups is 1. The quantitative estimate of drug-likeness (QED) is 0.280. The average molecular weight is 584 g/mol. The molecule has 2 heterocycles. The second kappa shape index (κ2) is 11.4. The molecule has 0 spiro atoms. The Hall–Kier alpha value is -3.94. The van der Waals surface area contributed by atoms with Crippen LogP contribution in [0, 0.1) is 0 Å². The van der Waals surface area contributed by atoms with Crippen LogP contribution in [-0.2, 0) is 23.2 Å². The molecule has 2 N–H and O–H groups in total. The molecule has 1 amide bonds. The Morgan fingerprint density at radius 3 is 2.52 bits per heavy atom. The highest BCUT2D eigenvalue weighted by molar-refractivity contribution is 6.30. The summed E-state index contributed by atoms with van der Waals surface area (Å²) in [6.45, 7) is 4.48. The maximum atomic E-state index is 13.6. The van der Waals surface area contributed by atoms with Crippen molar-refractivity contribution in [2.24, 2.45) is 0 Å². The number of fused-ring (bicyclic) bond motifs is 1. The molecule has 1 atom stereocenters. The topological polar surface area (TPSA) is 95.5 Å². The van der Waals surface area contributed by atoms with E-state index in [0.717, 1.165) is 41.0 Å². The molecule has 8 heteroatoms. The fourth-order valence-corrected chi connectivity index (χ4v) is 6.02.